The molecular weight excluding hydrogens is 320 g/mol. The Bertz CT molecular complexity index is 528. The lowest BCUT2D eigenvalue weighted by Gasteiger charge is -1.98. The van der Waals surface area contributed by atoms with E-state index >= 15 is 0 Å². The standard InChI is InChI=1S/C24H34O2/c1-2-3-4-5-6-7-8-9-10-11-12-13-14-15-16-17-18-19-20-21-22-23-24(25)26/h10-23H,2-9H2,1H3,(H,25,26)/b11-10+,13-12+,15-14+,17-16+,19-18+,21-20+,23-22+. The van der Waals surface area contributed by atoms with Crippen molar-refractivity contribution in [2.45, 2.75) is 58.3 Å². The lowest BCUT2D eigenvalue weighted by atomic mass is 10.1. The van der Waals surface area contributed by atoms with Crippen LogP contribution in [0.1, 0.15) is 58.3 Å². The van der Waals surface area contributed by atoms with Crippen LogP contribution in [0.2, 0.25) is 0 Å². The molecule has 0 amide bonds. The second-order valence-corrected chi connectivity index (χ2v) is 5.96. The van der Waals surface area contributed by atoms with Crippen LogP contribution in [0.4, 0.5) is 0 Å². The summed E-state index contributed by atoms with van der Waals surface area (Å²) in [5.41, 5.74) is 0. The fraction of sp³-hybridized carbons (Fsp3) is 0.375. The fourth-order valence-electron chi connectivity index (χ4n) is 2.17. The third-order valence-corrected chi connectivity index (χ3v) is 3.57. The van der Waals surface area contributed by atoms with Gasteiger partial charge in [0.2, 0.25) is 0 Å². The van der Waals surface area contributed by atoms with Gasteiger partial charge in [0, 0.05) is 6.08 Å². The molecule has 0 spiro atoms. The van der Waals surface area contributed by atoms with Crippen molar-refractivity contribution in [1.29, 1.82) is 0 Å². The van der Waals surface area contributed by atoms with Crippen LogP contribution in [0.5, 0.6) is 0 Å². The summed E-state index contributed by atoms with van der Waals surface area (Å²) in [6, 6.07) is 0. The Kier molecular flexibility index (Phi) is 18.8. The van der Waals surface area contributed by atoms with Gasteiger partial charge in [-0.2, -0.15) is 0 Å². The average molecular weight is 355 g/mol. The normalized spacial score (nSPS) is 13.3. The predicted octanol–water partition coefficient (Wildman–Crippen LogP) is 7.11. The van der Waals surface area contributed by atoms with E-state index in [1.54, 1.807) is 12.2 Å². The van der Waals surface area contributed by atoms with Gasteiger partial charge in [-0.05, 0) is 12.8 Å². The highest BCUT2D eigenvalue weighted by Gasteiger charge is 1.88. The molecule has 0 radical (unpaired) electrons. The van der Waals surface area contributed by atoms with Crippen LogP contribution in [0.3, 0.4) is 0 Å². The Hall–Kier alpha value is -2.35. The van der Waals surface area contributed by atoms with Gasteiger partial charge in [0.1, 0.15) is 0 Å². The van der Waals surface area contributed by atoms with Crippen LogP contribution >= 0.6 is 0 Å². The number of carboxylic acids is 1. The van der Waals surface area contributed by atoms with Crippen molar-refractivity contribution in [3.05, 3.63) is 85.1 Å². The molecular formula is C24H34O2. The predicted molar refractivity (Wildman–Crippen MR) is 114 cm³/mol. The number of carboxylic acid groups (broad SMARTS) is 1. The Balaban J connectivity index is 3.64. The quantitative estimate of drug-likeness (QED) is 0.193. The first-order valence-electron chi connectivity index (χ1n) is 9.67. The van der Waals surface area contributed by atoms with Crippen molar-refractivity contribution in [3.63, 3.8) is 0 Å². The monoisotopic (exact) mass is 354 g/mol. The van der Waals surface area contributed by atoms with Gasteiger partial charge in [-0.3, -0.25) is 0 Å². The van der Waals surface area contributed by atoms with Gasteiger partial charge in [-0.25, -0.2) is 4.79 Å². The molecule has 0 fully saturated rings. The van der Waals surface area contributed by atoms with Crippen molar-refractivity contribution in [2.24, 2.45) is 0 Å². The van der Waals surface area contributed by atoms with Crippen molar-refractivity contribution in [3.8, 4) is 0 Å². The SMILES string of the molecule is CCCCCCCCC/C=C/C=C/C=C/C=C/C=C/C=C/C=C/C(=O)O. The molecule has 26 heavy (non-hydrogen) atoms. The minimum absolute atomic E-state index is 0.940. The molecule has 0 aliphatic heterocycles. The van der Waals surface area contributed by atoms with Crippen molar-refractivity contribution in [1.82, 2.24) is 0 Å². The van der Waals surface area contributed by atoms with E-state index in [-0.39, 0.29) is 0 Å². The molecule has 0 unspecified atom stereocenters. The third-order valence-electron chi connectivity index (χ3n) is 3.57. The summed E-state index contributed by atoms with van der Waals surface area (Å²) in [6.45, 7) is 2.26. The van der Waals surface area contributed by atoms with Crippen LogP contribution < -0.4 is 0 Å². The Morgan fingerprint density at radius 3 is 1.54 bits per heavy atom. The molecule has 142 valence electrons. The first-order valence-corrected chi connectivity index (χ1v) is 9.67. The van der Waals surface area contributed by atoms with E-state index in [9.17, 15) is 4.79 Å². The van der Waals surface area contributed by atoms with Gasteiger partial charge < -0.3 is 5.11 Å². The van der Waals surface area contributed by atoms with E-state index < -0.39 is 5.97 Å². The number of aliphatic carboxylic acids is 1. The fourth-order valence-corrected chi connectivity index (χ4v) is 2.17. The minimum Gasteiger partial charge on any atom is -0.478 e. The van der Waals surface area contributed by atoms with Gasteiger partial charge in [0.05, 0.1) is 0 Å². The molecule has 2 heteroatoms. The second kappa shape index (κ2) is 20.7. The summed E-state index contributed by atoms with van der Waals surface area (Å²) in [5.74, 6) is -0.940. The first kappa shape index (κ1) is 23.6. The Morgan fingerprint density at radius 2 is 1.04 bits per heavy atom. The lowest BCUT2D eigenvalue weighted by molar-refractivity contribution is -0.131. The summed E-state index contributed by atoms with van der Waals surface area (Å²) in [7, 11) is 0. The van der Waals surface area contributed by atoms with Gasteiger partial charge in [-0.15, -0.1) is 0 Å². The van der Waals surface area contributed by atoms with Crippen molar-refractivity contribution < 1.29 is 9.90 Å². The van der Waals surface area contributed by atoms with Crippen LogP contribution in [-0.2, 0) is 4.79 Å². The van der Waals surface area contributed by atoms with E-state index in [2.05, 4.69) is 25.2 Å². The summed E-state index contributed by atoms with van der Waals surface area (Å²) >= 11 is 0. The topological polar surface area (TPSA) is 37.3 Å². The number of allylic oxidation sites excluding steroid dienone is 13. The van der Waals surface area contributed by atoms with Crippen molar-refractivity contribution in [2.75, 3.05) is 0 Å². The maximum absolute atomic E-state index is 10.2. The van der Waals surface area contributed by atoms with E-state index in [4.69, 9.17) is 5.11 Å². The molecule has 0 aromatic rings. The third kappa shape index (κ3) is 21.6. The second-order valence-electron chi connectivity index (χ2n) is 5.96. The van der Waals surface area contributed by atoms with Gasteiger partial charge in [0.15, 0.2) is 0 Å². The molecule has 0 aliphatic carbocycles. The zero-order valence-electron chi connectivity index (χ0n) is 16.1. The molecule has 0 aliphatic rings. The summed E-state index contributed by atoms with van der Waals surface area (Å²) in [5, 5.41) is 8.41. The molecule has 2 nitrogen and oxygen atoms in total. The number of rotatable bonds is 15. The molecule has 1 N–H and O–H groups in total. The van der Waals surface area contributed by atoms with Crippen LogP contribution in [0.15, 0.2) is 85.1 Å². The van der Waals surface area contributed by atoms with E-state index in [1.165, 1.54) is 57.4 Å². The number of unbranched alkanes of at least 4 members (excludes halogenated alkanes) is 7. The Morgan fingerprint density at radius 1 is 0.615 bits per heavy atom. The first-order chi connectivity index (χ1) is 12.8. The largest absolute Gasteiger partial charge is 0.478 e. The zero-order valence-corrected chi connectivity index (χ0v) is 16.1. The molecule has 0 aromatic carbocycles. The molecule has 0 atom stereocenters. The van der Waals surface area contributed by atoms with Gasteiger partial charge in [0.25, 0.3) is 0 Å². The van der Waals surface area contributed by atoms with E-state index in [1.807, 2.05) is 42.5 Å². The maximum atomic E-state index is 10.2. The molecule has 0 saturated heterocycles. The minimum atomic E-state index is -0.940. The maximum Gasteiger partial charge on any atom is 0.328 e. The molecule has 0 heterocycles. The average Bonchev–Trinajstić information content (AvgIpc) is 2.62. The smallest absolute Gasteiger partial charge is 0.328 e. The zero-order chi connectivity index (χ0) is 19.1. The molecule has 0 bridgehead atoms. The number of carbonyl (C=O) groups is 1. The highest BCUT2D eigenvalue weighted by molar-refractivity contribution is 5.80. The van der Waals surface area contributed by atoms with Crippen LogP contribution in [0, 0.1) is 0 Å². The summed E-state index contributed by atoms with van der Waals surface area (Å²) in [6.07, 6.45) is 36.7. The van der Waals surface area contributed by atoms with Crippen molar-refractivity contribution >= 4 is 5.97 Å². The highest BCUT2D eigenvalue weighted by atomic mass is 16.4. The van der Waals surface area contributed by atoms with E-state index in [0.29, 0.717) is 0 Å². The van der Waals surface area contributed by atoms with Crippen LogP contribution in [-0.4, -0.2) is 11.1 Å². The summed E-state index contributed by atoms with van der Waals surface area (Å²) in [4.78, 5) is 10.2. The molecule has 0 aromatic heterocycles. The molecule has 0 saturated carbocycles. The lowest BCUT2D eigenvalue weighted by Crippen LogP contribution is -1.84. The molecule has 0 rings (SSSR count). The Labute approximate surface area is 159 Å². The summed E-state index contributed by atoms with van der Waals surface area (Å²) < 4.78 is 0. The van der Waals surface area contributed by atoms with Gasteiger partial charge >= 0.3 is 5.97 Å². The number of hydrogen-bond donors (Lipinski definition) is 1. The number of hydrogen-bond acceptors (Lipinski definition) is 1. The van der Waals surface area contributed by atoms with E-state index in [0.717, 1.165) is 6.08 Å². The van der Waals surface area contributed by atoms with Crippen LogP contribution in [0.25, 0.3) is 0 Å². The van der Waals surface area contributed by atoms with Gasteiger partial charge in [-0.1, -0.05) is 124 Å². The highest BCUT2D eigenvalue weighted by Crippen LogP contribution is 2.08.